The zero-order chi connectivity index (χ0) is 9.26. The molecule has 0 aliphatic heterocycles. The Morgan fingerprint density at radius 1 is 1.38 bits per heavy atom. The Morgan fingerprint density at radius 3 is 2.46 bits per heavy atom. The van der Waals surface area contributed by atoms with Crippen molar-refractivity contribution in [2.24, 2.45) is 17.8 Å². The normalized spacial score (nSPS) is 34.1. The van der Waals surface area contributed by atoms with Crippen molar-refractivity contribution >= 4 is 5.97 Å². The maximum atomic E-state index is 10.8. The zero-order valence-electron chi connectivity index (χ0n) is 7.62. The lowest BCUT2D eigenvalue weighted by Crippen LogP contribution is -2.05. The van der Waals surface area contributed by atoms with Crippen molar-refractivity contribution in [3.8, 4) is 11.8 Å². The molecule has 1 saturated carbocycles. The first-order valence-electron chi connectivity index (χ1n) is 4.59. The second-order valence-electron chi connectivity index (χ2n) is 3.58. The Bertz CT molecular complexity index is 292. The summed E-state index contributed by atoms with van der Waals surface area (Å²) >= 11 is 0. The van der Waals surface area contributed by atoms with Gasteiger partial charge in [-0.25, -0.2) is 4.79 Å². The molecule has 68 valence electrons. The summed E-state index contributed by atoms with van der Waals surface area (Å²) in [4.78, 5) is 10.8. The van der Waals surface area contributed by atoms with E-state index >= 15 is 0 Å². The Morgan fingerprint density at radius 2 is 2.00 bits per heavy atom. The van der Waals surface area contributed by atoms with E-state index in [0.29, 0.717) is 17.8 Å². The fraction of sp³-hybridized carbons (Fsp3) is 0.545. The van der Waals surface area contributed by atoms with Crippen LogP contribution in [0.1, 0.15) is 12.8 Å². The Kier molecular flexibility index (Phi) is 2.10. The molecule has 0 N–H and O–H groups in total. The van der Waals surface area contributed by atoms with Crippen LogP contribution in [0, 0.1) is 29.6 Å². The lowest BCUT2D eigenvalue weighted by atomic mass is 9.97. The van der Waals surface area contributed by atoms with Crippen LogP contribution in [0.2, 0.25) is 0 Å². The lowest BCUT2D eigenvalue weighted by molar-refractivity contribution is -0.133. The number of esters is 1. The minimum atomic E-state index is -0.425. The number of carbonyl (C=O) groups excluding carboxylic acids is 1. The topological polar surface area (TPSA) is 26.3 Å². The van der Waals surface area contributed by atoms with Gasteiger partial charge >= 0.3 is 5.97 Å². The molecule has 2 heteroatoms. The number of hydrogen-bond donors (Lipinski definition) is 0. The number of carbonyl (C=O) groups is 1. The molecule has 0 aromatic rings. The minimum absolute atomic E-state index is 0.374. The number of rotatable bonds is 0. The van der Waals surface area contributed by atoms with Gasteiger partial charge in [0.05, 0.1) is 7.11 Å². The molecule has 0 spiro atoms. The Labute approximate surface area is 78.0 Å². The average Bonchev–Trinajstić information content (AvgIpc) is 2.73. The van der Waals surface area contributed by atoms with Gasteiger partial charge in [0.25, 0.3) is 0 Å². The SMILES string of the molecule is COC(=O)C#CC1[C@@H]2C=C[C@H]1CC2. The molecule has 0 aromatic heterocycles. The fourth-order valence-corrected chi connectivity index (χ4v) is 2.19. The van der Waals surface area contributed by atoms with E-state index in [0.717, 1.165) is 0 Å². The third-order valence-corrected chi connectivity index (χ3v) is 2.89. The van der Waals surface area contributed by atoms with E-state index in [4.69, 9.17) is 0 Å². The highest BCUT2D eigenvalue weighted by Gasteiger charge is 2.36. The number of methoxy groups -OCH3 is 1. The maximum absolute atomic E-state index is 10.8. The van der Waals surface area contributed by atoms with Gasteiger partial charge in [0.15, 0.2) is 0 Å². The highest BCUT2D eigenvalue weighted by Crippen LogP contribution is 2.43. The van der Waals surface area contributed by atoms with Crippen molar-refractivity contribution < 1.29 is 9.53 Å². The molecule has 2 nitrogen and oxygen atoms in total. The van der Waals surface area contributed by atoms with Crippen molar-refractivity contribution in [1.29, 1.82) is 0 Å². The molecule has 0 amide bonds. The van der Waals surface area contributed by atoms with E-state index in [-0.39, 0.29) is 0 Å². The molecule has 0 heterocycles. The summed E-state index contributed by atoms with van der Waals surface area (Å²) in [5.74, 6) is 6.65. The van der Waals surface area contributed by atoms with Crippen molar-refractivity contribution in [2.45, 2.75) is 12.8 Å². The van der Waals surface area contributed by atoms with Gasteiger partial charge in [-0.2, -0.15) is 0 Å². The lowest BCUT2D eigenvalue weighted by Gasteiger charge is -2.05. The molecule has 2 aliphatic rings. The predicted molar refractivity (Wildman–Crippen MR) is 48.6 cm³/mol. The van der Waals surface area contributed by atoms with Gasteiger partial charge in [0.2, 0.25) is 0 Å². The predicted octanol–water partition coefficient (Wildman–Crippen LogP) is 1.38. The highest BCUT2D eigenvalue weighted by atomic mass is 16.5. The van der Waals surface area contributed by atoms with Crippen LogP contribution in [0.4, 0.5) is 0 Å². The average molecular weight is 176 g/mol. The van der Waals surface area contributed by atoms with Gasteiger partial charge in [0, 0.05) is 11.8 Å². The van der Waals surface area contributed by atoms with E-state index in [1.165, 1.54) is 20.0 Å². The van der Waals surface area contributed by atoms with Crippen LogP contribution in [-0.2, 0) is 9.53 Å². The van der Waals surface area contributed by atoms with Crippen molar-refractivity contribution in [3.05, 3.63) is 12.2 Å². The summed E-state index contributed by atoms with van der Waals surface area (Å²) in [6.45, 7) is 0. The zero-order valence-corrected chi connectivity index (χ0v) is 7.62. The number of fused-ring (bicyclic) bond motifs is 2. The molecule has 2 bridgehead atoms. The van der Waals surface area contributed by atoms with Crippen LogP contribution in [0.15, 0.2) is 12.2 Å². The number of hydrogen-bond acceptors (Lipinski definition) is 2. The van der Waals surface area contributed by atoms with Crippen LogP contribution >= 0.6 is 0 Å². The van der Waals surface area contributed by atoms with E-state index < -0.39 is 5.97 Å². The summed E-state index contributed by atoms with van der Waals surface area (Å²) in [6, 6.07) is 0. The quantitative estimate of drug-likeness (QED) is 0.241. The maximum Gasteiger partial charge on any atom is 0.384 e. The van der Waals surface area contributed by atoms with Crippen molar-refractivity contribution in [3.63, 3.8) is 0 Å². The molecule has 1 fully saturated rings. The van der Waals surface area contributed by atoms with Gasteiger partial charge in [-0.15, -0.1) is 0 Å². The highest BCUT2D eigenvalue weighted by molar-refractivity contribution is 5.88. The van der Waals surface area contributed by atoms with E-state index in [9.17, 15) is 4.79 Å². The number of allylic oxidation sites excluding steroid dienone is 2. The third-order valence-electron chi connectivity index (χ3n) is 2.89. The molecule has 0 saturated heterocycles. The van der Waals surface area contributed by atoms with Crippen LogP contribution in [0.3, 0.4) is 0 Å². The van der Waals surface area contributed by atoms with Crippen LogP contribution < -0.4 is 0 Å². The first-order valence-corrected chi connectivity index (χ1v) is 4.59. The summed E-state index contributed by atoms with van der Waals surface area (Å²) in [7, 11) is 1.36. The third kappa shape index (κ3) is 1.47. The summed E-state index contributed by atoms with van der Waals surface area (Å²) in [5.41, 5.74) is 0. The van der Waals surface area contributed by atoms with E-state index in [1.54, 1.807) is 0 Å². The summed E-state index contributed by atoms with van der Waals surface area (Å²) in [5, 5.41) is 0. The molecule has 3 atom stereocenters. The standard InChI is InChI=1S/C11H12O2/c1-13-11(12)7-6-10-8-2-3-9(10)5-4-8/h2-3,8-10H,4-5H2,1H3/t8-,9+,10?. The molecular weight excluding hydrogens is 164 g/mol. The first-order chi connectivity index (χ1) is 6.31. The Balaban J connectivity index is 2.03. The molecule has 0 radical (unpaired) electrons. The molecular formula is C11H12O2. The molecule has 2 rings (SSSR count). The van der Waals surface area contributed by atoms with Gasteiger partial charge < -0.3 is 4.74 Å². The molecule has 2 aliphatic carbocycles. The largest absolute Gasteiger partial charge is 0.459 e. The fourth-order valence-electron chi connectivity index (χ4n) is 2.19. The van der Waals surface area contributed by atoms with Gasteiger partial charge in [0.1, 0.15) is 0 Å². The Hall–Kier alpha value is -1.23. The smallest absolute Gasteiger partial charge is 0.384 e. The summed E-state index contributed by atoms with van der Waals surface area (Å²) in [6.07, 6.45) is 6.90. The van der Waals surface area contributed by atoms with Crippen LogP contribution in [0.5, 0.6) is 0 Å². The second kappa shape index (κ2) is 3.26. The second-order valence-corrected chi connectivity index (χ2v) is 3.58. The van der Waals surface area contributed by atoms with Gasteiger partial charge in [-0.3, -0.25) is 0 Å². The van der Waals surface area contributed by atoms with Gasteiger partial charge in [-0.1, -0.05) is 18.1 Å². The monoisotopic (exact) mass is 176 g/mol. The van der Waals surface area contributed by atoms with E-state index in [2.05, 4.69) is 28.7 Å². The van der Waals surface area contributed by atoms with E-state index in [1.807, 2.05) is 0 Å². The minimum Gasteiger partial charge on any atom is -0.459 e. The van der Waals surface area contributed by atoms with Crippen LogP contribution in [0.25, 0.3) is 0 Å². The summed E-state index contributed by atoms with van der Waals surface area (Å²) < 4.78 is 4.47. The number of ether oxygens (including phenoxy) is 1. The first kappa shape index (κ1) is 8.37. The molecule has 13 heavy (non-hydrogen) atoms. The van der Waals surface area contributed by atoms with Crippen LogP contribution in [-0.4, -0.2) is 13.1 Å². The molecule has 0 aromatic carbocycles. The van der Waals surface area contributed by atoms with Crippen molar-refractivity contribution in [1.82, 2.24) is 0 Å². The molecule has 1 unspecified atom stereocenters. The van der Waals surface area contributed by atoms with Crippen molar-refractivity contribution in [2.75, 3.05) is 7.11 Å². The van der Waals surface area contributed by atoms with Gasteiger partial charge in [-0.05, 0) is 24.7 Å².